The smallest absolute Gasteiger partial charge is 0.246 e. The normalized spacial score (nSPS) is 22.1. The monoisotopic (exact) mass is 399 g/mol. The van der Waals surface area contributed by atoms with Gasteiger partial charge in [0.25, 0.3) is 0 Å². The number of piperazine rings is 1. The van der Waals surface area contributed by atoms with Crippen molar-refractivity contribution in [1.29, 1.82) is 0 Å². The third-order valence-electron chi connectivity index (χ3n) is 5.68. The Balaban J connectivity index is 1.40. The molecule has 2 saturated heterocycles. The predicted octanol–water partition coefficient (Wildman–Crippen LogP) is 3.95. The Morgan fingerprint density at radius 1 is 1.14 bits per heavy atom. The van der Waals surface area contributed by atoms with Crippen molar-refractivity contribution in [2.75, 3.05) is 18.8 Å². The van der Waals surface area contributed by atoms with Gasteiger partial charge in [0, 0.05) is 48.5 Å². The largest absolute Gasteiger partial charge is 0.398 e. The first-order chi connectivity index (χ1) is 13.5. The molecule has 1 amide bonds. The maximum atomic E-state index is 13.1. The number of amides is 1. The molecule has 28 heavy (non-hydrogen) atoms. The molecule has 2 aromatic rings. The molecule has 0 aliphatic carbocycles. The van der Waals surface area contributed by atoms with Crippen LogP contribution in [0.5, 0.6) is 0 Å². The van der Waals surface area contributed by atoms with Crippen molar-refractivity contribution >= 4 is 29.3 Å². The molecule has 4 rings (SSSR count). The summed E-state index contributed by atoms with van der Waals surface area (Å²) < 4.78 is 13.1. The minimum Gasteiger partial charge on any atom is -0.398 e. The number of likely N-dealkylation sites (tertiary alicyclic amines) is 1. The van der Waals surface area contributed by atoms with Crippen LogP contribution in [0.15, 0.2) is 48.5 Å². The molecule has 2 atom stereocenters. The second kappa shape index (κ2) is 7.94. The average molecular weight is 400 g/mol. The zero-order valence-electron chi connectivity index (χ0n) is 15.5. The third kappa shape index (κ3) is 4.05. The fourth-order valence-corrected chi connectivity index (χ4v) is 4.37. The zero-order valence-corrected chi connectivity index (χ0v) is 16.3. The van der Waals surface area contributed by atoms with E-state index in [1.165, 1.54) is 12.1 Å². The van der Waals surface area contributed by atoms with Gasteiger partial charge in [-0.2, -0.15) is 0 Å². The van der Waals surface area contributed by atoms with Gasteiger partial charge < -0.3 is 10.6 Å². The summed E-state index contributed by atoms with van der Waals surface area (Å²) in [6.45, 7) is 2.24. The summed E-state index contributed by atoms with van der Waals surface area (Å²) >= 11 is 5.92. The summed E-state index contributed by atoms with van der Waals surface area (Å²) in [4.78, 5) is 17.1. The molecule has 0 spiro atoms. The van der Waals surface area contributed by atoms with Crippen LogP contribution in [-0.4, -0.2) is 40.9 Å². The Hall–Kier alpha value is -2.37. The molecule has 2 unspecified atom stereocenters. The molecule has 0 saturated carbocycles. The standard InChI is InChI=1S/C22H23ClFN3O/c23-17-5-3-16(21(25)11-17)4-10-22(28)26-13-19-8-9-20(14-26)27(19)12-15-1-6-18(24)7-2-15/h1-7,10-11,19-20H,8-9,12-14,25H2. The molecule has 2 aliphatic rings. The quantitative estimate of drug-likeness (QED) is 0.625. The highest BCUT2D eigenvalue weighted by molar-refractivity contribution is 6.30. The number of anilines is 1. The van der Waals surface area contributed by atoms with E-state index in [1.54, 1.807) is 24.3 Å². The van der Waals surface area contributed by atoms with Crippen molar-refractivity contribution in [1.82, 2.24) is 9.80 Å². The molecule has 146 valence electrons. The van der Waals surface area contributed by atoms with E-state index in [-0.39, 0.29) is 11.7 Å². The Bertz CT molecular complexity index is 885. The molecule has 6 heteroatoms. The molecule has 0 aromatic heterocycles. The second-order valence-electron chi connectivity index (χ2n) is 7.53. The van der Waals surface area contributed by atoms with E-state index in [1.807, 2.05) is 23.1 Å². The van der Waals surface area contributed by atoms with Crippen LogP contribution < -0.4 is 5.73 Å². The number of carbonyl (C=O) groups is 1. The van der Waals surface area contributed by atoms with Gasteiger partial charge in [0.1, 0.15) is 5.82 Å². The second-order valence-corrected chi connectivity index (χ2v) is 7.97. The number of rotatable bonds is 4. The SMILES string of the molecule is Nc1cc(Cl)ccc1C=CC(=O)N1CC2CCC(C1)N2Cc1ccc(F)cc1. The number of nitrogens with two attached hydrogens (primary N) is 1. The van der Waals surface area contributed by atoms with Crippen LogP contribution in [0, 0.1) is 5.82 Å². The number of carbonyl (C=O) groups excluding carboxylic acids is 1. The lowest BCUT2D eigenvalue weighted by atomic mass is 10.1. The molecule has 2 N–H and O–H groups in total. The van der Waals surface area contributed by atoms with Gasteiger partial charge in [-0.3, -0.25) is 9.69 Å². The fraction of sp³-hybridized carbons (Fsp3) is 0.318. The zero-order chi connectivity index (χ0) is 19.7. The van der Waals surface area contributed by atoms with Crippen LogP contribution in [-0.2, 0) is 11.3 Å². The fourth-order valence-electron chi connectivity index (χ4n) is 4.19. The summed E-state index contributed by atoms with van der Waals surface area (Å²) in [6.07, 6.45) is 5.52. The molecular weight excluding hydrogens is 377 g/mol. The van der Waals surface area contributed by atoms with E-state index in [4.69, 9.17) is 17.3 Å². The highest BCUT2D eigenvalue weighted by Gasteiger charge is 2.40. The van der Waals surface area contributed by atoms with Gasteiger partial charge in [-0.15, -0.1) is 0 Å². The number of benzene rings is 2. The molecule has 2 bridgehead atoms. The Labute approximate surface area is 169 Å². The minimum atomic E-state index is -0.213. The minimum absolute atomic E-state index is 0.00711. The lowest BCUT2D eigenvalue weighted by molar-refractivity contribution is -0.129. The van der Waals surface area contributed by atoms with Crippen molar-refractivity contribution < 1.29 is 9.18 Å². The van der Waals surface area contributed by atoms with Gasteiger partial charge in [0.15, 0.2) is 0 Å². The van der Waals surface area contributed by atoms with E-state index < -0.39 is 0 Å². The number of hydrogen-bond acceptors (Lipinski definition) is 3. The van der Waals surface area contributed by atoms with E-state index in [0.29, 0.717) is 22.8 Å². The van der Waals surface area contributed by atoms with Gasteiger partial charge in [0.2, 0.25) is 5.91 Å². The Morgan fingerprint density at radius 3 is 2.46 bits per heavy atom. The number of nitrogens with zero attached hydrogens (tertiary/aromatic N) is 2. The van der Waals surface area contributed by atoms with E-state index in [9.17, 15) is 9.18 Å². The van der Waals surface area contributed by atoms with Crippen molar-refractivity contribution in [2.24, 2.45) is 0 Å². The molecule has 2 aromatic carbocycles. The van der Waals surface area contributed by atoms with Crippen LogP contribution >= 0.6 is 11.6 Å². The van der Waals surface area contributed by atoms with Gasteiger partial charge in [0.05, 0.1) is 0 Å². The maximum Gasteiger partial charge on any atom is 0.246 e. The number of hydrogen-bond donors (Lipinski definition) is 1. The van der Waals surface area contributed by atoms with Crippen LogP contribution in [0.25, 0.3) is 6.08 Å². The van der Waals surface area contributed by atoms with Crippen LogP contribution in [0.1, 0.15) is 24.0 Å². The van der Waals surface area contributed by atoms with Crippen molar-refractivity contribution in [2.45, 2.75) is 31.5 Å². The van der Waals surface area contributed by atoms with Crippen LogP contribution in [0.3, 0.4) is 0 Å². The van der Waals surface area contributed by atoms with Crippen LogP contribution in [0.2, 0.25) is 5.02 Å². The third-order valence-corrected chi connectivity index (χ3v) is 5.91. The van der Waals surface area contributed by atoms with Crippen molar-refractivity contribution in [3.63, 3.8) is 0 Å². The topological polar surface area (TPSA) is 49.6 Å². The van der Waals surface area contributed by atoms with E-state index >= 15 is 0 Å². The van der Waals surface area contributed by atoms with Gasteiger partial charge >= 0.3 is 0 Å². The summed E-state index contributed by atoms with van der Waals surface area (Å²) in [7, 11) is 0. The van der Waals surface area contributed by atoms with Gasteiger partial charge in [-0.1, -0.05) is 29.8 Å². The number of nitrogen functional groups attached to an aromatic ring is 1. The highest BCUT2D eigenvalue weighted by atomic mass is 35.5. The number of halogens is 2. The van der Waals surface area contributed by atoms with Gasteiger partial charge in [-0.05, 0) is 54.3 Å². The first kappa shape index (κ1) is 19.0. The Morgan fingerprint density at radius 2 is 1.82 bits per heavy atom. The molecule has 2 aliphatic heterocycles. The molecule has 2 heterocycles. The lowest BCUT2D eigenvalue weighted by Crippen LogP contribution is -2.54. The number of fused-ring (bicyclic) bond motifs is 2. The predicted molar refractivity (Wildman–Crippen MR) is 110 cm³/mol. The van der Waals surface area contributed by atoms with Gasteiger partial charge in [-0.25, -0.2) is 4.39 Å². The average Bonchev–Trinajstić information content (AvgIpc) is 2.89. The summed E-state index contributed by atoms with van der Waals surface area (Å²) in [5, 5.41) is 0.579. The highest BCUT2D eigenvalue weighted by Crippen LogP contribution is 2.32. The molecular formula is C22H23ClFN3O. The van der Waals surface area contributed by atoms with Crippen molar-refractivity contribution in [3.8, 4) is 0 Å². The first-order valence-electron chi connectivity index (χ1n) is 9.52. The molecule has 2 fully saturated rings. The summed E-state index contributed by atoms with van der Waals surface area (Å²) in [5.74, 6) is -0.206. The molecule has 0 radical (unpaired) electrons. The van der Waals surface area contributed by atoms with Crippen LogP contribution in [0.4, 0.5) is 10.1 Å². The first-order valence-corrected chi connectivity index (χ1v) is 9.89. The Kier molecular flexibility index (Phi) is 5.38. The maximum absolute atomic E-state index is 13.1. The van der Waals surface area contributed by atoms with E-state index in [2.05, 4.69) is 4.90 Å². The van der Waals surface area contributed by atoms with E-state index in [0.717, 1.165) is 43.6 Å². The lowest BCUT2D eigenvalue weighted by Gasteiger charge is -2.40. The van der Waals surface area contributed by atoms with Crippen molar-refractivity contribution in [3.05, 3.63) is 70.5 Å². The molecule has 4 nitrogen and oxygen atoms in total. The summed E-state index contributed by atoms with van der Waals surface area (Å²) in [6, 6.07) is 12.6. The summed E-state index contributed by atoms with van der Waals surface area (Å²) in [5.41, 5.74) is 8.40.